The molecule has 1 unspecified atom stereocenters. The number of rotatable bonds is 9. The predicted molar refractivity (Wildman–Crippen MR) is 79.7 cm³/mol. The Morgan fingerprint density at radius 1 is 1.21 bits per heavy atom. The first-order valence-electron chi connectivity index (χ1n) is 7.22. The molecule has 0 saturated heterocycles. The van der Waals surface area contributed by atoms with Crippen LogP contribution in [0.15, 0.2) is 24.3 Å². The summed E-state index contributed by atoms with van der Waals surface area (Å²) in [6, 6.07) is 8.16. The third-order valence-corrected chi connectivity index (χ3v) is 3.05. The van der Waals surface area contributed by atoms with Crippen LogP contribution < -0.4 is 10.1 Å². The summed E-state index contributed by atoms with van der Waals surface area (Å²) in [5, 5.41) is 13.2. The van der Waals surface area contributed by atoms with Gasteiger partial charge in [0.15, 0.2) is 0 Å². The summed E-state index contributed by atoms with van der Waals surface area (Å²) in [7, 11) is 0. The van der Waals surface area contributed by atoms with Crippen LogP contribution in [-0.2, 0) is 6.42 Å². The molecule has 1 rings (SSSR count). The Morgan fingerprint density at radius 3 is 2.47 bits per heavy atom. The van der Waals surface area contributed by atoms with Crippen LogP contribution in [-0.4, -0.2) is 30.4 Å². The Hall–Kier alpha value is -1.06. The summed E-state index contributed by atoms with van der Waals surface area (Å²) < 4.78 is 5.64. The van der Waals surface area contributed by atoms with Gasteiger partial charge in [0.2, 0.25) is 0 Å². The Morgan fingerprint density at radius 2 is 1.89 bits per heavy atom. The van der Waals surface area contributed by atoms with Gasteiger partial charge in [-0.3, -0.25) is 0 Å². The average Bonchev–Trinajstić information content (AvgIpc) is 2.42. The van der Waals surface area contributed by atoms with Gasteiger partial charge in [-0.15, -0.1) is 0 Å². The van der Waals surface area contributed by atoms with E-state index in [9.17, 15) is 5.11 Å². The molecule has 3 nitrogen and oxygen atoms in total. The Kier molecular flexibility index (Phi) is 6.89. The van der Waals surface area contributed by atoms with Crippen molar-refractivity contribution >= 4 is 0 Å². The molecule has 0 radical (unpaired) electrons. The van der Waals surface area contributed by atoms with Crippen molar-refractivity contribution in [3.8, 4) is 5.75 Å². The maximum absolute atomic E-state index is 10.1. The van der Waals surface area contributed by atoms with Crippen LogP contribution in [0.25, 0.3) is 0 Å². The molecule has 1 atom stereocenters. The third kappa shape index (κ3) is 6.60. The van der Waals surface area contributed by atoms with Crippen LogP contribution in [0.5, 0.6) is 5.75 Å². The molecule has 0 aliphatic rings. The molecule has 0 heterocycles. The molecule has 2 N–H and O–H groups in total. The Balaban J connectivity index is 2.40. The van der Waals surface area contributed by atoms with Gasteiger partial charge in [-0.25, -0.2) is 0 Å². The molecule has 0 fully saturated rings. The molecule has 0 amide bonds. The van der Waals surface area contributed by atoms with Gasteiger partial charge in [0, 0.05) is 6.54 Å². The van der Waals surface area contributed by atoms with E-state index in [0.717, 1.165) is 18.7 Å². The van der Waals surface area contributed by atoms with Gasteiger partial charge in [0.1, 0.15) is 18.0 Å². The lowest BCUT2D eigenvalue weighted by Crippen LogP contribution is -2.42. The average molecular weight is 265 g/mol. The van der Waals surface area contributed by atoms with Crippen molar-refractivity contribution in [2.24, 2.45) is 0 Å². The maximum Gasteiger partial charge on any atom is 0.119 e. The number of aliphatic hydroxyl groups is 1. The quantitative estimate of drug-likeness (QED) is 0.721. The SMILES string of the molecule is CCCCc1ccc(OCC(C)(O)CNCC)cc1. The number of likely N-dealkylation sites (N-methyl/N-ethyl adjacent to an activating group) is 1. The van der Waals surface area contributed by atoms with E-state index in [1.54, 1.807) is 6.92 Å². The van der Waals surface area contributed by atoms with Gasteiger partial charge in [0.05, 0.1) is 0 Å². The van der Waals surface area contributed by atoms with Crippen LogP contribution in [0.2, 0.25) is 0 Å². The highest BCUT2D eigenvalue weighted by atomic mass is 16.5. The normalized spacial score (nSPS) is 14.1. The van der Waals surface area contributed by atoms with Crippen LogP contribution in [0.1, 0.15) is 39.2 Å². The highest BCUT2D eigenvalue weighted by Gasteiger charge is 2.20. The highest BCUT2D eigenvalue weighted by molar-refractivity contribution is 5.27. The second-order valence-electron chi connectivity index (χ2n) is 5.31. The molecule has 108 valence electrons. The smallest absolute Gasteiger partial charge is 0.119 e. The summed E-state index contributed by atoms with van der Waals surface area (Å²) in [5.74, 6) is 0.817. The van der Waals surface area contributed by atoms with Crippen molar-refractivity contribution in [1.29, 1.82) is 0 Å². The number of unbranched alkanes of at least 4 members (excludes halogenated alkanes) is 1. The fourth-order valence-corrected chi connectivity index (χ4v) is 1.82. The summed E-state index contributed by atoms with van der Waals surface area (Å²) in [6.45, 7) is 7.69. The van der Waals surface area contributed by atoms with E-state index in [2.05, 4.69) is 24.4 Å². The molecule has 19 heavy (non-hydrogen) atoms. The highest BCUT2D eigenvalue weighted by Crippen LogP contribution is 2.15. The standard InChI is InChI=1S/C16H27NO2/c1-4-6-7-14-8-10-15(11-9-14)19-13-16(3,18)12-17-5-2/h8-11,17-18H,4-7,12-13H2,1-3H3. The number of aryl methyl sites for hydroxylation is 1. The minimum absolute atomic E-state index is 0.300. The van der Waals surface area contributed by atoms with Crippen molar-refractivity contribution in [2.75, 3.05) is 19.7 Å². The number of hydrogen-bond donors (Lipinski definition) is 2. The topological polar surface area (TPSA) is 41.5 Å². The molecular weight excluding hydrogens is 238 g/mol. The third-order valence-electron chi connectivity index (χ3n) is 3.05. The number of ether oxygens (including phenoxy) is 1. The van der Waals surface area contributed by atoms with Gasteiger partial charge in [0.25, 0.3) is 0 Å². The van der Waals surface area contributed by atoms with Crippen LogP contribution in [0.4, 0.5) is 0 Å². The van der Waals surface area contributed by atoms with E-state index in [1.165, 1.54) is 18.4 Å². The fourth-order valence-electron chi connectivity index (χ4n) is 1.82. The van der Waals surface area contributed by atoms with E-state index >= 15 is 0 Å². The molecule has 0 aliphatic carbocycles. The first-order chi connectivity index (χ1) is 9.07. The van der Waals surface area contributed by atoms with Crippen LogP contribution in [0, 0.1) is 0 Å². The molecule has 1 aromatic carbocycles. The second kappa shape index (κ2) is 8.18. The van der Waals surface area contributed by atoms with Gasteiger partial charge in [-0.05, 0) is 44.0 Å². The molecular formula is C16H27NO2. The molecule has 3 heteroatoms. The molecule has 0 bridgehead atoms. The van der Waals surface area contributed by atoms with Crippen LogP contribution in [0.3, 0.4) is 0 Å². The first kappa shape index (κ1) is 16.0. The summed E-state index contributed by atoms with van der Waals surface area (Å²) in [6.07, 6.45) is 3.55. The van der Waals surface area contributed by atoms with E-state index < -0.39 is 5.60 Å². The molecule has 0 aliphatic heterocycles. The molecule has 0 spiro atoms. The van der Waals surface area contributed by atoms with Crippen molar-refractivity contribution in [2.45, 2.75) is 45.6 Å². The Labute approximate surface area is 117 Å². The van der Waals surface area contributed by atoms with Gasteiger partial charge >= 0.3 is 0 Å². The van der Waals surface area contributed by atoms with E-state index in [4.69, 9.17) is 4.74 Å². The summed E-state index contributed by atoms with van der Waals surface area (Å²) in [4.78, 5) is 0. The molecule has 0 saturated carbocycles. The van der Waals surface area contributed by atoms with Gasteiger partial charge < -0.3 is 15.2 Å². The molecule has 1 aromatic rings. The zero-order valence-electron chi connectivity index (χ0n) is 12.4. The monoisotopic (exact) mass is 265 g/mol. The number of nitrogens with one attached hydrogen (secondary N) is 1. The number of benzene rings is 1. The fraction of sp³-hybridized carbons (Fsp3) is 0.625. The zero-order valence-corrected chi connectivity index (χ0v) is 12.4. The van der Waals surface area contributed by atoms with Crippen LogP contribution >= 0.6 is 0 Å². The number of hydrogen-bond acceptors (Lipinski definition) is 3. The van der Waals surface area contributed by atoms with Gasteiger partial charge in [-0.2, -0.15) is 0 Å². The summed E-state index contributed by atoms with van der Waals surface area (Å²) in [5.41, 5.74) is 0.505. The van der Waals surface area contributed by atoms with Crippen molar-refractivity contribution in [3.63, 3.8) is 0 Å². The summed E-state index contributed by atoms with van der Waals surface area (Å²) >= 11 is 0. The lowest BCUT2D eigenvalue weighted by Gasteiger charge is -2.23. The first-order valence-corrected chi connectivity index (χ1v) is 7.22. The second-order valence-corrected chi connectivity index (χ2v) is 5.31. The van der Waals surface area contributed by atoms with E-state index in [0.29, 0.717) is 13.2 Å². The lowest BCUT2D eigenvalue weighted by atomic mass is 10.1. The lowest BCUT2D eigenvalue weighted by molar-refractivity contribution is 0.0127. The minimum Gasteiger partial charge on any atom is -0.491 e. The van der Waals surface area contributed by atoms with Crippen molar-refractivity contribution < 1.29 is 9.84 Å². The largest absolute Gasteiger partial charge is 0.491 e. The minimum atomic E-state index is -0.836. The predicted octanol–water partition coefficient (Wildman–Crippen LogP) is 2.77. The van der Waals surface area contributed by atoms with E-state index in [1.807, 2.05) is 19.1 Å². The van der Waals surface area contributed by atoms with Crippen molar-refractivity contribution in [1.82, 2.24) is 5.32 Å². The van der Waals surface area contributed by atoms with Gasteiger partial charge in [-0.1, -0.05) is 32.4 Å². The maximum atomic E-state index is 10.1. The Bertz CT molecular complexity index is 346. The zero-order chi connectivity index (χ0) is 14.1. The van der Waals surface area contributed by atoms with E-state index in [-0.39, 0.29) is 0 Å². The molecule has 0 aromatic heterocycles. The van der Waals surface area contributed by atoms with Crippen molar-refractivity contribution in [3.05, 3.63) is 29.8 Å².